The highest BCUT2D eigenvalue weighted by molar-refractivity contribution is 5.78. The Labute approximate surface area is 165 Å². The molecule has 1 fully saturated rings. The average Bonchev–Trinajstić information content (AvgIpc) is 2.72. The highest BCUT2D eigenvalue weighted by atomic mass is 16.5. The molecule has 0 saturated carbocycles. The van der Waals surface area contributed by atoms with Crippen molar-refractivity contribution in [3.63, 3.8) is 0 Å². The molecule has 28 heavy (non-hydrogen) atoms. The first kappa shape index (κ1) is 19.7. The predicted molar refractivity (Wildman–Crippen MR) is 106 cm³/mol. The third kappa shape index (κ3) is 5.74. The highest BCUT2D eigenvalue weighted by Gasteiger charge is 2.23. The van der Waals surface area contributed by atoms with E-state index in [9.17, 15) is 9.59 Å². The number of para-hydroxylation sites is 2. The zero-order valence-electron chi connectivity index (χ0n) is 16.1. The molecule has 2 aromatic carbocycles. The van der Waals surface area contributed by atoms with Crippen molar-refractivity contribution in [1.29, 1.82) is 0 Å². The summed E-state index contributed by atoms with van der Waals surface area (Å²) in [6.07, 6.45) is 1.53. The molecular weight excluding hydrogens is 356 g/mol. The van der Waals surface area contributed by atoms with Gasteiger partial charge in [0.15, 0.2) is 18.1 Å². The van der Waals surface area contributed by atoms with E-state index in [-0.39, 0.29) is 24.5 Å². The van der Waals surface area contributed by atoms with Crippen molar-refractivity contribution in [3.05, 3.63) is 60.2 Å². The van der Waals surface area contributed by atoms with E-state index in [1.54, 1.807) is 11.0 Å². The Hall–Kier alpha value is -3.02. The molecule has 6 nitrogen and oxygen atoms in total. The first-order chi connectivity index (χ1) is 13.6. The Morgan fingerprint density at radius 1 is 0.964 bits per heavy atom. The molecule has 0 spiro atoms. The summed E-state index contributed by atoms with van der Waals surface area (Å²) in [7, 11) is 0. The van der Waals surface area contributed by atoms with Crippen LogP contribution in [-0.4, -0.2) is 42.5 Å². The summed E-state index contributed by atoms with van der Waals surface area (Å²) in [4.78, 5) is 25.4. The van der Waals surface area contributed by atoms with E-state index in [1.807, 2.05) is 48.5 Å². The molecule has 6 heteroatoms. The maximum Gasteiger partial charge on any atom is 0.260 e. The van der Waals surface area contributed by atoms with Gasteiger partial charge in [-0.2, -0.15) is 0 Å². The van der Waals surface area contributed by atoms with Crippen LogP contribution in [0.25, 0.3) is 0 Å². The lowest BCUT2D eigenvalue weighted by Gasteiger charge is -2.32. The van der Waals surface area contributed by atoms with Gasteiger partial charge in [0, 0.05) is 26.1 Å². The number of hydrogen-bond donors (Lipinski definition) is 1. The molecule has 148 valence electrons. The summed E-state index contributed by atoms with van der Waals surface area (Å²) < 4.78 is 11.6. The van der Waals surface area contributed by atoms with Gasteiger partial charge < -0.3 is 19.7 Å². The number of amides is 2. The minimum Gasteiger partial charge on any atom is -0.485 e. The largest absolute Gasteiger partial charge is 0.485 e. The minimum atomic E-state index is -0.0564. The van der Waals surface area contributed by atoms with Crippen LogP contribution >= 0.6 is 0 Å². The molecule has 0 unspecified atom stereocenters. The molecule has 1 heterocycles. The van der Waals surface area contributed by atoms with Crippen LogP contribution in [0.3, 0.4) is 0 Å². The number of carbonyl (C=O) groups excluding carboxylic acids is 2. The Balaban J connectivity index is 1.49. The fourth-order valence-corrected chi connectivity index (χ4v) is 3.22. The fraction of sp³-hybridized carbons (Fsp3) is 0.364. The lowest BCUT2D eigenvalue weighted by atomic mass is 10.1. The predicted octanol–water partition coefficient (Wildman–Crippen LogP) is 2.77. The smallest absolute Gasteiger partial charge is 0.260 e. The molecular formula is C22H26N2O4. The number of rotatable bonds is 7. The Kier molecular flexibility index (Phi) is 6.89. The Morgan fingerprint density at radius 3 is 2.21 bits per heavy atom. The van der Waals surface area contributed by atoms with Gasteiger partial charge in [-0.05, 0) is 30.5 Å². The van der Waals surface area contributed by atoms with Gasteiger partial charge in [0.1, 0.15) is 6.61 Å². The van der Waals surface area contributed by atoms with Crippen LogP contribution in [0.15, 0.2) is 54.6 Å². The lowest BCUT2D eigenvalue weighted by Crippen LogP contribution is -2.47. The quantitative estimate of drug-likeness (QED) is 0.800. The van der Waals surface area contributed by atoms with Crippen LogP contribution in [0.5, 0.6) is 11.5 Å². The molecule has 1 N–H and O–H groups in total. The number of piperidine rings is 1. The van der Waals surface area contributed by atoms with Crippen LogP contribution in [0.1, 0.15) is 25.3 Å². The molecule has 0 radical (unpaired) electrons. The van der Waals surface area contributed by atoms with E-state index < -0.39 is 0 Å². The van der Waals surface area contributed by atoms with E-state index in [0.717, 1.165) is 18.4 Å². The van der Waals surface area contributed by atoms with Crippen molar-refractivity contribution in [2.24, 2.45) is 0 Å². The number of benzene rings is 2. The van der Waals surface area contributed by atoms with Crippen LogP contribution in [0.4, 0.5) is 0 Å². The molecule has 1 aliphatic rings. The zero-order valence-corrected chi connectivity index (χ0v) is 16.1. The molecule has 3 rings (SSSR count). The Bertz CT molecular complexity index is 786. The number of ether oxygens (including phenoxy) is 2. The van der Waals surface area contributed by atoms with Gasteiger partial charge in [0.25, 0.3) is 5.91 Å². The van der Waals surface area contributed by atoms with E-state index in [0.29, 0.717) is 31.2 Å². The summed E-state index contributed by atoms with van der Waals surface area (Å²) in [6, 6.07) is 17.4. The molecule has 2 amide bonds. The van der Waals surface area contributed by atoms with Gasteiger partial charge in [0.2, 0.25) is 5.91 Å². The number of nitrogens with zero attached hydrogens (tertiary/aromatic N) is 1. The first-order valence-corrected chi connectivity index (χ1v) is 9.55. The van der Waals surface area contributed by atoms with E-state index >= 15 is 0 Å². The number of likely N-dealkylation sites (tertiary alicyclic amines) is 1. The van der Waals surface area contributed by atoms with Gasteiger partial charge in [-0.25, -0.2) is 0 Å². The van der Waals surface area contributed by atoms with Gasteiger partial charge in [-0.1, -0.05) is 42.5 Å². The van der Waals surface area contributed by atoms with Gasteiger partial charge in [-0.3, -0.25) is 9.59 Å². The van der Waals surface area contributed by atoms with Gasteiger partial charge in [0.05, 0.1) is 0 Å². The van der Waals surface area contributed by atoms with E-state index in [4.69, 9.17) is 9.47 Å². The van der Waals surface area contributed by atoms with Crippen LogP contribution in [0, 0.1) is 0 Å². The molecule has 1 aliphatic heterocycles. The third-order valence-electron chi connectivity index (χ3n) is 4.69. The summed E-state index contributed by atoms with van der Waals surface area (Å²) in [5.74, 6) is 1.09. The number of carbonyl (C=O) groups is 2. The van der Waals surface area contributed by atoms with Gasteiger partial charge in [-0.15, -0.1) is 0 Å². The van der Waals surface area contributed by atoms with Gasteiger partial charge >= 0.3 is 0 Å². The SMILES string of the molecule is CC(=O)NC1CCN(C(=O)COc2ccccc2OCc2ccccc2)CC1. The lowest BCUT2D eigenvalue weighted by molar-refractivity contribution is -0.134. The highest BCUT2D eigenvalue weighted by Crippen LogP contribution is 2.27. The van der Waals surface area contributed by atoms with E-state index in [2.05, 4.69) is 5.32 Å². The van der Waals surface area contributed by atoms with Crippen molar-refractivity contribution in [3.8, 4) is 11.5 Å². The fourth-order valence-electron chi connectivity index (χ4n) is 3.22. The second-order valence-electron chi connectivity index (χ2n) is 6.87. The number of nitrogens with one attached hydrogen (secondary N) is 1. The normalized spacial score (nSPS) is 14.4. The maximum atomic E-state index is 12.5. The Morgan fingerprint density at radius 2 is 1.57 bits per heavy atom. The standard InChI is InChI=1S/C22H26N2O4/c1-17(25)23-19-11-13-24(14-12-19)22(26)16-28-21-10-6-5-9-20(21)27-15-18-7-3-2-4-8-18/h2-10,19H,11-16H2,1H3,(H,23,25). The molecule has 0 aromatic heterocycles. The molecule has 2 aromatic rings. The second-order valence-corrected chi connectivity index (χ2v) is 6.87. The summed E-state index contributed by atoms with van der Waals surface area (Å²) in [5, 5.41) is 2.91. The van der Waals surface area contributed by atoms with Crippen molar-refractivity contribution >= 4 is 11.8 Å². The maximum absolute atomic E-state index is 12.5. The average molecular weight is 382 g/mol. The van der Waals surface area contributed by atoms with Crippen LogP contribution < -0.4 is 14.8 Å². The van der Waals surface area contributed by atoms with Crippen LogP contribution in [0.2, 0.25) is 0 Å². The van der Waals surface area contributed by atoms with Crippen molar-refractivity contribution in [2.75, 3.05) is 19.7 Å². The van der Waals surface area contributed by atoms with Crippen molar-refractivity contribution < 1.29 is 19.1 Å². The summed E-state index contributed by atoms with van der Waals surface area (Å²) >= 11 is 0. The number of hydrogen-bond acceptors (Lipinski definition) is 4. The molecule has 0 atom stereocenters. The molecule has 0 aliphatic carbocycles. The van der Waals surface area contributed by atoms with E-state index in [1.165, 1.54) is 6.92 Å². The summed E-state index contributed by atoms with van der Waals surface area (Å²) in [6.45, 7) is 3.17. The van der Waals surface area contributed by atoms with Crippen LogP contribution in [-0.2, 0) is 16.2 Å². The van der Waals surface area contributed by atoms with Crippen molar-refractivity contribution in [1.82, 2.24) is 10.2 Å². The van der Waals surface area contributed by atoms with Crippen molar-refractivity contribution in [2.45, 2.75) is 32.4 Å². The monoisotopic (exact) mass is 382 g/mol. The zero-order chi connectivity index (χ0) is 19.8. The molecule has 0 bridgehead atoms. The first-order valence-electron chi connectivity index (χ1n) is 9.55. The minimum absolute atomic E-state index is 0.0276. The second kappa shape index (κ2) is 9.78. The molecule has 1 saturated heterocycles. The summed E-state index contributed by atoms with van der Waals surface area (Å²) in [5.41, 5.74) is 1.07. The third-order valence-corrected chi connectivity index (χ3v) is 4.69. The topological polar surface area (TPSA) is 67.9 Å².